The Bertz CT molecular complexity index is 388. The Morgan fingerprint density at radius 2 is 1.81 bits per heavy atom. The van der Waals surface area contributed by atoms with Gasteiger partial charge in [0, 0.05) is 18.2 Å². The predicted octanol–water partition coefficient (Wildman–Crippen LogP) is 1.11. The third-order valence-electron chi connectivity index (χ3n) is 1.89. The predicted molar refractivity (Wildman–Crippen MR) is 53.4 cm³/mol. The zero-order valence-electron chi connectivity index (χ0n) is 8.88. The van der Waals surface area contributed by atoms with Gasteiger partial charge in [0.2, 0.25) is 0 Å². The molecule has 6 heteroatoms. The Morgan fingerprint density at radius 1 is 1.31 bits per heavy atom. The highest BCUT2D eigenvalue weighted by atomic mass is 19.1. The average Bonchev–Trinajstić information content (AvgIpc) is 2.13. The Labute approximate surface area is 91.4 Å². The van der Waals surface area contributed by atoms with Crippen LogP contribution in [0, 0.1) is 11.6 Å². The summed E-state index contributed by atoms with van der Waals surface area (Å²) in [4.78, 5) is 11.3. The lowest BCUT2D eigenvalue weighted by molar-refractivity contribution is -0.134. The molecule has 0 aliphatic rings. The van der Waals surface area contributed by atoms with Gasteiger partial charge in [-0.1, -0.05) is 0 Å². The third kappa shape index (κ3) is 2.90. The molecule has 1 amide bonds. The summed E-state index contributed by atoms with van der Waals surface area (Å²) in [6.45, 7) is 2.86. The molecule has 0 unspecified atom stereocenters. The molecular weight excluding hydrogens is 218 g/mol. The van der Waals surface area contributed by atoms with Crippen molar-refractivity contribution in [3.05, 3.63) is 29.8 Å². The van der Waals surface area contributed by atoms with Gasteiger partial charge in [0.15, 0.2) is 5.60 Å². The van der Waals surface area contributed by atoms with E-state index in [2.05, 4.69) is 0 Å². The highest BCUT2D eigenvalue weighted by Crippen LogP contribution is 2.20. The molecule has 0 fully saturated rings. The zero-order chi connectivity index (χ0) is 12.3. The van der Waals surface area contributed by atoms with Gasteiger partial charge in [-0.05, 0) is 13.8 Å². The van der Waals surface area contributed by atoms with Gasteiger partial charge in [-0.3, -0.25) is 10.2 Å². The van der Waals surface area contributed by atoms with Crippen molar-refractivity contribution >= 4 is 5.91 Å². The summed E-state index contributed by atoms with van der Waals surface area (Å²) in [5, 5.41) is 0. The normalized spacial score (nSPS) is 11.1. The third-order valence-corrected chi connectivity index (χ3v) is 1.89. The SMILES string of the molecule is CC(C)(Oc1cc(F)cc(F)c1)C(=O)NN. The Hall–Kier alpha value is -1.69. The summed E-state index contributed by atoms with van der Waals surface area (Å²) in [6.07, 6.45) is 0. The molecule has 0 aliphatic heterocycles. The summed E-state index contributed by atoms with van der Waals surface area (Å²) < 4.78 is 30.8. The first-order chi connectivity index (χ1) is 7.35. The first-order valence-corrected chi connectivity index (χ1v) is 4.51. The van der Waals surface area contributed by atoms with Gasteiger partial charge in [-0.2, -0.15) is 0 Å². The van der Waals surface area contributed by atoms with E-state index in [1.165, 1.54) is 13.8 Å². The van der Waals surface area contributed by atoms with E-state index in [9.17, 15) is 13.6 Å². The van der Waals surface area contributed by atoms with E-state index >= 15 is 0 Å². The number of nitrogens with two attached hydrogens (primary N) is 1. The molecule has 1 rings (SSSR count). The summed E-state index contributed by atoms with van der Waals surface area (Å²) in [5.74, 6) is 2.71. The molecule has 0 aliphatic carbocycles. The van der Waals surface area contributed by atoms with E-state index in [1.807, 2.05) is 5.43 Å². The highest BCUT2D eigenvalue weighted by molar-refractivity contribution is 5.84. The van der Waals surface area contributed by atoms with Crippen molar-refractivity contribution < 1.29 is 18.3 Å². The second kappa shape index (κ2) is 4.44. The molecule has 1 aromatic carbocycles. The van der Waals surface area contributed by atoms with Crippen molar-refractivity contribution in [3.63, 3.8) is 0 Å². The number of benzene rings is 1. The molecule has 0 radical (unpaired) electrons. The number of amides is 1. The van der Waals surface area contributed by atoms with E-state index < -0.39 is 23.1 Å². The van der Waals surface area contributed by atoms with Crippen LogP contribution in [0.2, 0.25) is 0 Å². The minimum absolute atomic E-state index is 0.0777. The molecular formula is C10H12F2N2O2. The fourth-order valence-corrected chi connectivity index (χ4v) is 1.10. The lowest BCUT2D eigenvalue weighted by Gasteiger charge is -2.24. The van der Waals surface area contributed by atoms with Crippen molar-refractivity contribution in [2.75, 3.05) is 0 Å². The van der Waals surface area contributed by atoms with Gasteiger partial charge in [0.1, 0.15) is 17.4 Å². The van der Waals surface area contributed by atoms with Gasteiger partial charge >= 0.3 is 0 Å². The van der Waals surface area contributed by atoms with Crippen LogP contribution in [0.5, 0.6) is 5.75 Å². The average molecular weight is 230 g/mol. The summed E-state index contributed by atoms with van der Waals surface area (Å²) >= 11 is 0. The molecule has 0 atom stereocenters. The number of carbonyl (C=O) groups is 1. The van der Waals surface area contributed by atoms with Crippen LogP contribution < -0.4 is 16.0 Å². The molecule has 0 aromatic heterocycles. The van der Waals surface area contributed by atoms with Gasteiger partial charge in [-0.15, -0.1) is 0 Å². The lowest BCUT2D eigenvalue weighted by Crippen LogP contribution is -2.49. The highest BCUT2D eigenvalue weighted by Gasteiger charge is 2.29. The fourth-order valence-electron chi connectivity index (χ4n) is 1.10. The monoisotopic (exact) mass is 230 g/mol. The van der Waals surface area contributed by atoms with Crippen molar-refractivity contribution in [1.29, 1.82) is 0 Å². The number of carbonyl (C=O) groups excluding carboxylic acids is 1. The van der Waals surface area contributed by atoms with Crippen LogP contribution >= 0.6 is 0 Å². The molecule has 0 heterocycles. The molecule has 0 bridgehead atoms. The second-order valence-electron chi connectivity index (χ2n) is 3.69. The minimum Gasteiger partial charge on any atom is -0.478 e. The molecule has 4 nitrogen and oxygen atoms in total. The van der Waals surface area contributed by atoms with Crippen LogP contribution in [-0.2, 0) is 4.79 Å². The van der Waals surface area contributed by atoms with Crippen LogP contribution in [0.4, 0.5) is 8.78 Å². The zero-order valence-corrected chi connectivity index (χ0v) is 8.88. The van der Waals surface area contributed by atoms with Gasteiger partial charge in [0.25, 0.3) is 5.91 Å². The molecule has 0 spiro atoms. The van der Waals surface area contributed by atoms with Crippen LogP contribution in [0.15, 0.2) is 18.2 Å². The van der Waals surface area contributed by atoms with Crippen molar-refractivity contribution in [1.82, 2.24) is 5.43 Å². The Morgan fingerprint density at radius 3 is 2.25 bits per heavy atom. The van der Waals surface area contributed by atoms with Gasteiger partial charge < -0.3 is 4.74 Å². The maximum atomic E-state index is 12.8. The number of halogens is 2. The van der Waals surface area contributed by atoms with Crippen molar-refractivity contribution in [2.24, 2.45) is 5.84 Å². The van der Waals surface area contributed by atoms with E-state index in [1.54, 1.807) is 0 Å². The molecule has 0 saturated heterocycles. The number of rotatable bonds is 3. The topological polar surface area (TPSA) is 64.3 Å². The maximum Gasteiger partial charge on any atom is 0.277 e. The summed E-state index contributed by atoms with van der Waals surface area (Å²) in [7, 11) is 0. The number of hydrogen-bond acceptors (Lipinski definition) is 3. The van der Waals surface area contributed by atoms with E-state index in [4.69, 9.17) is 10.6 Å². The molecule has 1 aromatic rings. The standard InChI is InChI=1S/C10H12F2N2O2/c1-10(2,9(15)14-13)16-8-4-6(11)3-7(12)5-8/h3-5H,13H2,1-2H3,(H,14,15). The largest absolute Gasteiger partial charge is 0.478 e. The van der Waals surface area contributed by atoms with E-state index in [-0.39, 0.29) is 5.75 Å². The smallest absolute Gasteiger partial charge is 0.277 e. The molecule has 3 N–H and O–H groups in total. The first-order valence-electron chi connectivity index (χ1n) is 4.51. The van der Waals surface area contributed by atoms with Crippen molar-refractivity contribution in [2.45, 2.75) is 19.4 Å². The van der Waals surface area contributed by atoms with Crippen molar-refractivity contribution in [3.8, 4) is 5.75 Å². The van der Waals surface area contributed by atoms with Crippen LogP contribution in [0.1, 0.15) is 13.8 Å². The minimum atomic E-state index is -1.31. The number of hydrogen-bond donors (Lipinski definition) is 2. The fraction of sp³-hybridized carbons (Fsp3) is 0.300. The van der Waals surface area contributed by atoms with E-state index in [0.29, 0.717) is 6.07 Å². The lowest BCUT2D eigenvalue weighted by atomic mass is 10.1. The maximum absolute atomic E-state index is 12.8. The van der Waals surface area contributed by atoms with Crippen LogP contribution in [0.25, 0.3) is 0 Å². The van der Waals surface area contributed by atoms with E-state index in [0.717, 1.165) is 12.1 Å². The first kappa shape index (κ1) is 12.4. The molecule has 16 heavy (non-hydrogen) atoms. The molecule has 88 valence electrons. The summed E-state index contributed by atoms with van der Waals surface area (Å²) in [5.41, 5.74) is 0.593. The van der Waals surface area contributed by atoms with Crippen LogP contribution in [0.3, 0.4) is 0 Å². The van der Waals surface area contributed by atoms with Crippen LogP contribution in [-0.4, -0.2) is 11.5 Å². The molecule has 0 saturated carbocycles. The Balaban J connectivity index is 2.91. The van der Waals surface area contributed by atoms with Gasteiger partial charge in [-0.25, -0.2) is 14.6 Å². The number of ether oxygens (including phenoxy) is 1. The Kier molecular flexibility index (Phi) is 3.44. The second-order valence-corrected chi connectivity index (χ2v) is 3.69. The number of nitrogens with one attached hydrogen (secondary N) is 1. The summed E-state index contributed by atoms with van der Waals surface area (Å²) in [6, 6.07) is 2.67. The van der Waals surface area contributed by atoms with Gasteiger partial charge in [0.05, 0.1) is 0 Å². The quantitative estimate of drug-likeness (QED) is 0.464. The number of hydrazine groups is 1.